The van der Waals surface area contributed by atoms with E-state index < -0.39 is 0 Å². The quantitative estimate of drug-likeness (QED) is 0.161. The fourth-order valence-corrected chi connectivity index (χ4v) is 2.54. The predicted octanol–water partition coefficient (Wildman–Crippen LogP) is -4.27. The van der Waals surface area contributed by atoms with Gasteiger partial charge in [0.1, 0.15) is 11.0 Å². The second-order valence-corrected chi connectivity index (χ2v) is 6.77. The molecule has 0 bridgehead atoms. The number of hydrogen-bond acceptors (Lipinski definition) is 10. The lowest BCUT2D eigenvalue weighted by Gasteiger charge is -2.00. The number of rotatable bonds is 2. The first-order valence-corrected chi connectivity index (χ1v) is 10.1. The summed E-state index contributed by atoms with van der Waals surface area (Å²) in [4.78, 5) is 58.8. The third-order valence-electron chi connectivity index (χ3n) is 4.39. The van der Waals surface area contributed by atoms with Gasteiger partial charge in [-0.05, 0) is 0 Å². The van der Waals surface area contributed by atoms with Gasteiger partial charge in [-0.2, -0.15) is 0 Å². The van der Waals surface area contributed by atoms with E-state index >= 15 is 0 Å². The normalized spacial score (nSPS) is 10.1. The number of H-pyrrole nitrogens is 2. The number of nitrogens with two attached hydrogens (primary N) is 4. The molecule has 16 heteroatoms. The summed E-state index contributed by atoms with van der Waals surface area (Å²) in [6.07, 6.45) is 2.79. The van der Waals surface area contributed by atoms with Gasteiger partial charge in [0, 0.05) is 54.4 Å². The summed E-state index contributed by atoms with van der Waals surface area (Å²) in [5.41, 5.74) is 19.6. The number of nitrogens with one attached hydrogen (secondary N) is 2. The Hall–Kier alpha value is -3.86. The number of imidazole rings is 2. The second-order valence-electron chi connectivity index (χ2n) is 6.77. The lowest BCUT2D eigenvalue weighted by atomic mass is 10.5. The average Bonchev–Trinajstić information content (AvgIpc) is 3.55. The van der Waals surface area contributed by atoms with E-state index in [1.807, 2.05) is 0 Å². The minimum atomic E-state index is -0.371. The fraction of sp³-hybridized carbons (Fsp3) is 0.444. The Bertz CT molecular complexity index is 1320. The molecule has 4 heterocycles. The van der Waals surface area contributed by atoms with Gasteiger partial charge >= 0.3 is 11.4 Å². The summed E-state index contributed by atoms with van der Waals surface area (Å²) in [6.45, 7) is 2.39. The molecule has 0 fully saturated rings. The molecule has 188 valence electrons. The maximum absolute atomic E-state index is 11.4. The van der Waals surface area contributed by atoms with Crippen molar-refractivity contribution in [2.24, 2.45) is 51.1 Å². The first-order chi connectivity index (χ1) is 16.1. The minimum absolute atomic E-state index is 0.351. The standard InChI is InChI=1S/2C7H8N4O2.2C2H8N2/c2*1-10-5-4(8-3-9-5)6(12)11(2)7(10)13;2*3-1-2-4/h2*3H,1-2H3,(H,8,9);2*1-4H2. The molecule has 10 N–H and O–H groups in total. The van der Waals surface area contributed by atoms with Crippen LogP contribution in [0.4, 0.5) is 0 Å². The zero-order chi connectivity index (χ0) is 26.0. The van der Waals surface area contributed by atoms with Crippen molar-refractivity contribution in [1.29, 1.82) is 0 Å². The Morgan fingerprint density at radius 3 is 1.18 bits per heavy atom. The second kappa shape index (κ2) is 13.0. The smallest absolute Gasteiger partial charge is 0.332 e. The number of hydrogen-bond donors (Lipinski definition) is 6. The van der Waals surface area contributed by atoms with E-state index in [-0.39, 0.29) is 22.5 Å². The van der Waals surface area contributed by atoms with Gasteiger partial charge in [-0.15, -0.1) is 0 Å². The Labute approximate surface area is 192 Å². The van der Waals surface area contributed by atoms with E-state index in [2.05, 4.69) is 19.9 Å². The van der Waals surface area contributed by atoms with Crippen LogP contribution >= 0.6 is 0 Å². The molecule has 16 nitrogen and oxygen atoms in total. The Morgan fingerprint density at radius 1 is 0.618 bits per heavy atom. The lowest BCUT2D eigenvalue weighted by Crippen LogP contribution is -2.36. The van der Waals surface area contributed by atoms with Crippen LogP contribution in [0, 0.1) is 0 Å². The van der Waals surface area contributed by atoms with Crippen LogP contribution in [-0.2, 0) is 28.2 Å². The first-order valence-electron chi connectivity index (χ1n) is 10.1. The first kappa shape index (κ1) is 28.2. The molecule has 0 amide bonds. The number of nitrogens with zero attached hydrogens (tertiary/aromatic N) is 6. The van der Waals surface area contributed by atoms with Crippen LogP contribution in [0.3, 0.4) is 0 Å². The van der Waals surface area contributed by atoms with Gasteiger partial charge in [-0.3, -0.25) is 27.9 Å². The maximum Gasteiger partial charge on any atom is 0.332 e. The summed E-state index contributed by atoms with van der Waals surface area (Å²) < 4.78 is 4.74. The van der Waals surface area contributed by atoms with E-state index in [0.29, 0.717) is 48.5 Å². The molecule has 0 radical (unpaired) electrons. The van der Waals surface area contributed by atoms with Gasteiger partial charge in [-0.25, -0.2) is 19.6 Å². The molecule has 4 aromatic heterocycles. The SMILES string of the molecule is Cn1c(=O)c2[nH]cnc2n(C)c1=O.Cn1c(=O)c2[nH]cnc2n(C)c1=O.NCCN.NCCN. The third kappa shape index (κ3) is 6.13. The monoisotopic (exact) mass is 480 g/mol. The van der Waals surface area contributed by atoms with Crippen molar-refractivity contribution in [3.05, 3.63) is 54.3 Å². The van der Waals surface area contributed by atoms with Gasteiger partial charge in [0.15, 0.2) is 11.3 Å². The summed E-state index contributed by atoms with van der Waals surface area (Å²) in [5, 5.41) is 0. The van der Waals surface area contributed by atoms with Crippen LogP contribution in [0.2, 0.25) is 0 Å². The lowest BCUT2D eigenvalue weighted by molar-refractivity contribution is 0.709. The van der Waals surface area contributed by atoms with E-state index in [4.69, 9.17) is 22.9 Å². The van der Waals surface area contributed by atoms with Crippen molar-refractivity contribution in [3.8, 4) is 0 Å². The highest BCUT2D eigenvalue weighted by atomic mass is 16.2. The third-order valence-corrected chi connectivity index (χ3v) is 4.39. The zero-order valence-corrected chi connectivity index (χ0v) is 19.6. The molecule has 4 rings (SSSR count). The van der Waals surface area contributed by atoms with E-state index in [1.165, 1.54) is 35.9 Å². The van der Waals surface area contributed by atoms with E-state index in [0.717, 1.165) is 9.13 Å². The molecule has 0 saturated carbocycles. The Kier molecular flexibility index (Phi) is 10.8. The van der Waals surface area contributed by atoms with Gasteiger partial charge in [0.25, 0.3) is 11.1 Å². The van der Waals surface area contributed by atoms with Gasteiger partial charge in [0.2, 0.25) is 0 Å². The minimum Gasteiger partial charge on any atom is -0.339 e. The van der Waals surface area contributed by atoms with Crippen molar-refractivity contribution in [2.45, 2.75) is 0 Å². The Balaban J connectivity index is 0.000000261. The number of aromatic amines is 2. The van der Waals surface area contributed by atoms with Gasteiger partial charge < -0.3 is 32.9 Å². The fourth-order valence-electron chi connectivity index (χ4n) is 2.54. The van der Waals surface area contributed by atoms with Gasteiger partial charge in [0.05, 0.1) is 12.7 Å². The summed E-state index contributed by atoms with van der Waals surface area (Å²) in [5.74, 6) is 0. The van der Waals surface area contributed by atoms with E-state index in [9.17, 15) is 19.2 Å². The number of aryl methyl sites for hydroxylation is 2. The number of fused-ring (bicyclic) bond motifs is 2. The highest BCUT2D eigenvalue weighted by Gasteiger charge is 2.09. The average molecular weight is 481 g/mol. The molecule has 0 aliphatic rings. The van der Waals surface area contributed by atoms with Crippen molar-refractivity contribution >= 4 is 22.3 Å². The van der Waals surface area contributed by atoms with Crippen LogP contribution in [0.25, 0.3) is 22.3 Å². The van der Waals surface area contributed by atoms with Crippen LogP contribution in [0.15, 0.2) is 31.8 Å². The van der Waals surface area contributed by atoms with Crippen molar-refractivity contribution < 1.29 is 0 Å². The molecular weight excluding hydrogens is 448 g/mol. The highest BCUT2D eigenvalue weighted by molar-refractivity contribution is 5.69. The van der Waals surface area contributed by atoms with Gasteiger partial charge in [-0.1, -0.05) is 0 Å². The molecule has 4 aromatic rings. The summed E-state index contributed by atoms with van der Waals surface area (Å²) in [6, 6.07) is 0. The zero-order valence-electron chi connectivity index (χ0n) is 19.6. The molecule has 0 aromatic carbocycles. The highest BCUT2D eigenvalue weighted by Crippen LogP contribution is 1.98. The van der Waals surface area contributed by atoms with Crippen LogP contribution in [-0.4, -0.2) is 64.4 Å². The van der Waals surface area contributed by atoms with Crippen LogP contribution in [0.5, 0.6) is 0 Å². The molecule has 34 heavy (non-hydrogen) atoms. The molecule has 0 atom stereocenters. The molecule has 0 aliphatic carbocycles. The van der Waals surface area contributed by atoms with Crippen molar-refractivity contribution in [3.63, 3.8) is 0 Å². The molecule has 0 unspecified atom stereocenters. The molecule has 0 spiro atoms. The summed E-state index contributed by atoms with van der Waals surface area (Å²) in [7, 11) is 6.02. The number of aromatic nitrogens is 8. The summed E-state index contributed by atoms with van der Waals surface area (Å²) >= 11 is 0. The van der Waals surface area contributed by atoms with Crippen molar-refractivity contribution in [2.75, 3.05) is 26.2 Å². The molecule has 0 saturated heterocycles. The Morgan fingerprint density at radius 2 is 0.912 bits per heavy atom. The topological polar surface area (TPSA) is 249 Å². The maximum atomic E-state index is 11.4. The van der Waals surface area contributed by atoms with Crippen molar-refractivity contribution in [1.82, 2.24) is 38.2 Å². The van der Waals surface area contributed by atoms with Crippen LogP contribution in [0.1, 0.15) is 0 Å². The molecule has 0 aliphatic heterocycles. The molecular formula is C18H32N12O4. The van der Waals surface area contributed by atoms with E-state index in [1.54, 1.807) is 14.1 Å². The van der Waals surface area contributed by atoms with Crippen LogP contribution < -0.4 is 45.4 Å². The predicted molar refractivity (Wildman–Crippen MR) is 129 cm³/mol. The largest absolute Gasteiger partial charge is 0.339 e.